The predicted octanol–water partition coefficient (Wildman–Crippen LogP) is 5.29. The zero-order valence-corrected chi connectivity index (χ0v) is 12.8. The highest BCUT2D eigenvalue weighted by Gasteiger charge is 2.23. The fourth-order valence-electron chi connectivity index (χ4n) is 2.80. The first-order valence-corrected chi connectivity index (χ1v) is 7.89. The van der Waals surface area contributed by atoms with Crippen molar-refractivity contribution < 1.29 is 0 Å². The lowest BCUT2D eigenvalue weighted by Gasteiger charge is -2.15. The van der Waals surface area contributed by atoms with E-state index in [-0.39, 0.29) is 0 Å². The Hall–Kier alpha value is -0.210. The van der Waals surface area contributed by atoms with Crippen LogP contribution in [-0.4, -0.2) is 9.78 Å². The Morgan fingerprint density at radius 2 is 1.83 bits per heavy atom. The van der Waals surface area contributed by atoms with Gasteiger partial charge in [-0.1, -0.05) is 51.1 Å². The fraction of sp³-hybridized carbons (Fsp3) is 0.786. The number of rotatable bonds is 3. The number of halogens is 2. The first-order chi connectivity index (χ1) is 8.65. The van der Waals surface area contributed by atoms with Gasteiger partial charge in [0.2, 0.25) is 0 Å². The second-order valence-corrected chi connectivity index (χ2v) is 6.16. The average Bonchev–Trinajstić information content (AvgIpc) is 2.55. The van der Waals surface area contributed by atoms with Crippen LogP contribution in [0.4, 0.5) is 0 Å². The van der Waals surface area contributed by atoms with Gasteiger partial charge in [-0.25, -0.2) is 0 Å². The highest BCUT2D eigenvalue weighted by molar-refractivity contribution is 6.31. The molecule has 4 heteroatoms. The van der Waals surface area contributed by atoms with Crippen LogP contribution >= 0.6 is 23.2 Å². The lowest BCUT2D eigenvalue weighted by atomic mass is 10.1. The maximum absolute atomic E-state index is 6.48. The molecule has 1 aromatic rings. The molecule has 1 aromatic heterocycles. The van der Waals surface area contributed by atoms with Gasteiger partial charge in [-0.15, -0.1) is 11.6 Å². The molecule has 1 saturated carbocycles. The van der Waals surface area contributed by atoms with E-state index in [0.717, 1.165) is 16.4 Å². The van der Waals surface area contributed by atoms with Crippen molar-refractivity contribution in [3.63, 3.8) is 0 Å². The third-order valence-corrected chi connectivity index (χ3v) is 4.49. The van der Waals surface area contributed by atoms with E-state index < -0.39 is 0 Å². The van der Waals surface area contributed by atoms with Crippen LogP contribution in [0.2, 0.25) is 5.15 Å². The second kappa shape index (κ2) is 6.29. The summed E-state index contributed by atoms with van der Waals surface area (Å²) in [5, 5.41) is 5.51. The molecule has 0 aromatic carbocycles. The van der Waals surface area contributed by atoms with Crippen molar-refractivity contribution in [1.29, 1.82) is 0 Å². The molecule has 1 aliphatic rings. The summed E-state index contributed by atoms with van der Waals surface area (Å²) in [5.41, 5.74) is 2.09. The summed E-state index contributed by atoms with van der Waals surface area (Å²) in [6.45, 7) is 4.29. The quantitative estimate of drug-likeness (QED) is 0.545. The molecule has 0 aliphatic heterocycles. The van der Waals surface area contributed by atoms with E-state index in [1.165, 1.54) is 38.5 Å². The van der Waals surface area contributed by atoms with Crippen LogP contribution in [0.25, 0.3) is 0 Å². The molecule has 2 nitrogen and oxygen atoms in total. The van der Waals surface area contributed by atoms with Crippen LogP contribution in [0.15, 0.2) is 0 Å². The van der Waals surface area contributed by atoms with E-state index in [4.69, 9.17) is 28.3 Å². The standard InChI is InChI=1S/C14H22Cl2N2/c1-10(2)13-12(9-15)14(16)18(17-13)11-7-5-3-4-6-8-11/h10-11H,3-9H2,1-2H3. The molecule has 0 unspecified atom stereocenters. The summed E-state index contributed by atoms with van der Waals surface area (Å²) in [5.74, 6) is 0.835. The van der Waals surface area contributed by atoms with Gasteiger partial charge in [0.05, 0.1) is 17.6 Å². The Morgan fingerprint density at radius 3 is 2.28 bits per heavy atom. The smallest absolute Gasteiger partial charge is 0.132 e. The topological polar surface area (TPSA) is 17.8 Å². The minimum absolute atomic E-state index is 0.378. The van der Waals surface area contributed by atoms with Gasteiger partial charge in [-0.05, 0) is 18.8 Å². The van der Waals surface area contributed by atoms with Gasteiger partial charge < -0.3 is 0 Å². The number of hydrogen-bond donors (Lipinski definition) is 0. The first kappa shape index (κ1) is 14.2. The lowest BCUT2D eigenvalue weighted by Crippen LogP contribution is -2.10. The number of nitrogens with zero attached hydrogens (tertiary/aromatic N) is 2. The maximum atomic E-state index is 6.48. The van der Waals surface area contributed by atoms with E-state index in [1.54, 1.807) is 0 Å². The zero-order chi connectivity index (χ0) is 13.1. The normalized spacial score (nSPS) is 18.3. The van der Waals surface area contributed by atoms with E-state index in [1.807, 2.05) is 4.68 Å². The summed E-state index contributed by atoms with van der Waals surface area (Å²) in [4.78, 5) is 0. The lowest BCUT2D eigenvalue weighted by molar-refractivity contribution is 0.402. The Kier molecular flexibility index (Phi) is 4.97. The van der Waals surface area contributed by atoms with Crippen LogP contribution in [0.3, 0.4) is 0 Å². The van der Waals surface area contributed by atoms with Crippen molar-refractivity contribution in [3.05, 3.63) is 16.4 Å². The minimum Gasteiger partial charge on any atom is -0.250 e. The van der Waals surface area contributed by atoms with Crippen LogP contribution in [0.1, 0.15) is 75.6 Å². The maximum Gasteiger partial charge on any atom is 0.132 e. The van der Waals surface area contributed by atoms with E-state index >= 15 is 0 Å². The van der Waals surface area contributed by atoms with E-state index in [0.29, 0.717) is 17.8 Å². The number of aromatic nitrogens is 2. The Balaban J connectivity index is 2.31. The van der Waals surface area contributed by atoms with Gasteiger partial charge >= 0.3 is 0 Å². The van der Waals surface area contributed by atoms with Gasteiger partial charge in [-0.2, -0.15) is 5.10 Å². The van der Waals surface area contributed by atoms with Crippen LogP contribution in [0, 0.1) is 0 Å². The molecule has 0 radical (unpaired) electrons. The molecular weight excluding hydrogens is 267 g/mol. The molecule has 0 amide bonds. The second-order valence-electron chi connectivity index (χ2n) is 5.53. The molecule has 102 valence electrons. The van der Waals surface area contributed by atoms with Crippen LogP contribution in [-0.2, 0) is 5.88 Å². The molecule has 0 saturated heterocycles. The van der Waals surface area contributed by atoms with Crippen molar-refractivity contribution in [2.24, 2.45) is 0 Å². The summed E-state index contributed by atoms with van der Waals surface area (Å²) in [7, 11) is 0. The van der Waals surface area contributed by atoms with E-state index in [9.17, 15) is 0 Å². The summed E-state index contributed by atoms with van der Waals surface area (Å²) < 4.78 is 2.04. The van der Waals surface area contributed by atoms with Crippen molar-refractivity contribution in [1.82, 2.24) is 9.78 Å². The van der Waals surface area contributed by atoms with Crippen molar-refractivity contribution in [2.75, 3.05) is 0 Å². The molecule has 0 N–H and O–H groups in total. The Morgan fingerprint density at radius 1 is 1.22 bits per heavy atom. The molecular formula is C14H22Cl2N2. The van der Waals surface area contributed by atoms with E-state index in [2.05, 4.69) is 13.8 Å². The van der Waals surface area contributed by atoms with Gasteiger partial charge in [0.25, 0.3) is 0 Å². The molecule has 2 rings (SSSR count). The SMILES string of the molecule is CC(C)c1nn(C2CCCCCC2)c(Cl)c1CCl. The van der Waals surface area contributed by atoms with Gasteiger partial charge in [0.1, 0.15) is 5.15 Å². The summed E-state index contributed by atoms with van der Waals surface area (Å²) >= 11 is 12.5. The van der Waals surface area contributed by atoms with Gasteiger partial charge in [0, 0.05) is 5.56 Å². The minimum atomic E-state index is 0.378. The monoisotopic (exact) mass is 288 g/mol. The highest BCUT2D eigenvalue weighted by Crippen LogP contribution is 2.34. The third kappa shape index (κ3) is 2.85. The summed E-state index contributed by atoms with van der Waals surface area (Å²) in [6.07, 6.45) is 7.65. The van der Waals surface area contributed by atoms with Gasteiger partial charge in [-0.3, -0.25) is 4.68 Å². The molecule has 1 aliphatic carbocycles. The average molecular weight is 289 g/mol. The summed E-state index contributed by atoms with van der Waals surface area (Å²) in [6, 6.07) is 0.467. The fourth-order valence-corrected chi connectivity index (χ4v) is 3.47. The molecule has 18 heavy (non-hydrogen) atoms. The van der Waals surface area contributed by atoms with Crippen LogP contribution < -0.4 is 0 Å². The first-order valence-electron chi connectivity index (χ1n) is 6.98. The molecule has 0 bridgehead atoms. The van der Waals surface area contributed by atoms with Crippen molar-refractivity contribution in [2.45, 2.75) is 70.2 Å². The largest absolute Gasteiger partial charge is 0.250 e. The van der Waals surface area contributed by atoms with Crippen molar-refractivity contribution >= 4 is 23.2 Å². The van der Waals surface area contributed by atoms with Crippen LogP contribution in [0.5, 0.6) is 0 Å². The van der Waals surface area contributed by atoms with Gasteiger partial charge in [0.15, 0.2) is 0 Å². The predicted molar refractivity (Wildman–Crippen MR) is 77.6 cm³/mol. The Labute approximate surface area is 120 Å². The zero-order valence-electron chi connectivity index (χ0n) is 11.3. The highest BCUT2D eigenvalue weighted by atomic mass is 35.5. The van der Waals surface area contributed by atoms with Crippen molar-refractivity contribution in [3.8, 4) is 0 Å². The molecule has 0 spiro atoms. The molecule has 1 fully saturated rings. The molecule has 0 atom stereocenters. The number of alkyl halides is 1. The Bertz CT molecular complexity index is 391. The third-order valence-electron chi connectivity index (χ3n) is 3.83. The number of hydrogen-bond acceptors (Lipinski definition) is 1. The molecule has 1 heterocycles.